The third-order valence-electron chi connectivity index (χ3n) is 7.50. The van der Waals surface area contributed by atoms with Crippen LogP contribution in [0.3, 0.4) is 0 Å². The number of fused-ring (bicyclic) bond motifs is 2. The van der Waals surface area contributed by atoms with Crippen molar-refractivity contribution in [2.45, 2.75) is 25.7 Å². The lowest BCUT2D eigenvalue weighted by atomic mass is 9.87. The third kappa shape index (κ3) is 4.62. The molecule has 0 heterocycles. The van der Waals surface area contributed by atoms with Crippen molar-refractivity contribution in [1.82, 2.24) is 0 Å². The first-order valence-corrected chi connectivity index (χ1v) is 13.2. The summed E-state index contributed by atoms with van der Waals surface area (Å²) in [4.78, 5) is 0. The minimum atomic E-state index is 0.250. The predicted molar refractivity (Wildman–Crippen MR) is 158 cm³/mol. The van der Waals surface area contributed by atoms with Crippen LogP contribution < -0.4 is 0 Å². The summed E-state index contributed by atoms with van der Waals surface area (Å²) in [6, 6.07) is 41.2. The first-order chi connectivity index (χ1) is 18.7. The van der Waals surface area contributed by atoms with Crippen molar-refractivity contribution >= 4 is 21.5 Å². The summed E-state index contributed by atoms with van der Waals surface area (Å²) in [5, 5.41) is 27.6. The van der Waals surface area contributed by atoms with E-state index in [1.54, 1.807) is 0 Å². The topological polar surface area (TPSA) is 40.5 Å². The van der Waals surface area contributed by atoms with Gasteiger partial charge in [-0.3, -0.25) is 0 Å². The van der Waals surface area contributed by atoms with Crippen molar-refractivity contribution in [2.75, 3.05) is 0 Å². The average Bonchev–Trinajstić information content (AvgIpc) is 2.97. The molecule has 0 fully saturated rings. The summed E-state index contributed by atoms with van der Waals surface area (Å²) >= 11 is 0. The fourth-order valence-electron chi connectivity index (χ4n) is 5.52. The molecule has 6 aromatic carbocycles. The monoisotopic (exact) mass is 494 g/mol. The number of hydrogen-bond donors (Lipinski definition) is 2. The molecular formula is C36H30O2. The van der Waals surface area contributed by atoms with Crippen LogP contribution in [0.4, 0.5) is 0 Å². The van der Waals surface area contributed by atoms with Crippen molar-refractivity contribution in [2.24, 2.45) is 0 Å². The molecule has 0 bridgehead atoms. The maximum atomic E-state index is 11.8. The maximum absolute atomic E-state index is 11.8. The minimum absolute atomic E-state index is 0.250. The molecule has 0 amide bonds. The van der Waals surface area contributed by atoms with E-state index in [2.05, 4.69) is 48.5 Å². The van der Waals surface area contributed by atoms with E-state index in [9.17, 15) is 10.2 Å². The van der Waals surface area contributed by atoms with E-state index in [1.807, 2.05) is 72.8 Å². The van der Waals surface area contributed by atoms with Gasteiger partial charge < -0.3 is 10.2 Å². The number of benzene rings is 6. The molecule has 0 radical (unpaired) electrons. The van der Waals surface area contributed by atoms with Gasteiger partial charge >= 0.3 is 0 Å². The standard InChI is InChI=1S/C36H30O2/c37-35-29(21-19-25-11-3-1-4-12-25)23-27-15-7-9-17-31(27)33(35)34-32-18-10-8-16-28(32)24-30(36(34)38)22-20-26-13-5-2-6-14-26/h1-18,23-24,37-38H,19-22H2. The fraction of sp³-hybridized carbons (Fsp3) is 0.111. The van der Waals surface area contributed by atoms with E-state index < -0.39 is 0 Å². The molecule has 6 aromatic rings. The molecule has 0 aliphatic heterocycles. The van der Waals surface area contributed by atoms with Crippen LogP contribution in [0, 0.1) is 0 Å². The van der Waals surface area contributed by atoms with Crippen molar-refractivity contribution in [3.05, 3.63) is 144 Å². The molecule has 38 heavy (non-hydrogen) atoms. The normalized spacial score (nSPS) is 11.3. The lowest BCUT2D eigenvalue weighted by Gasteiger charge is -2.19. The Morgan fingerprint density at radius 3 is 1.18 bits per heavy atom. The van der Waals surface area contributed by atoms with E-state index in [0.29, 0.717) is 24.0 Å². The minimum Gasteiger partial charge on any atom is -0.507 e. The van der Waals surface area contributed by atoms with Crippen molar-refractivity contribution in [1.29, 1.82) is 0 Å². The van der Waals surface area contributed by atoms with Crippen LogP contribution in [0.25, 0.3) is 32.7 Å². The van der Waals surface area contributed by atoms with Gasteiger partial charge in [-0.25, -0.2) is 0 Å². The molecule has 186 valence electrons. The van der Waals surface area contributed by atoms with E-state index in [0.717, 1.165) is 45.5 Å². The summed E-state index contributed by atoms with van der Waals surface area (Å²) < 4.78 is 0. The maximum Gasteiger partial charge on any atom is 0.127 e. The summed E-state index contributed by atoms with van der Waals surface area (Å²) in [7, 11) is 0. The van der Waals surface area contributed by atoms with Gasteiger partial charge in [-0.2, -0.15) is 0 Å². The highest BCUT2D eigenvalue weighted by atomic mass is 16.3. The highest BCUT2D eigenvalue weighted by Crippen LogP contribution is 2.47. The number of phenolic OH excluding ortho intramolecular Hbond substituents is 2. The van der Waals surface area contributed by atoms with E-state index in [-0.39, 0.29) is 11.5 Å². The van der Waals surface area contributed by atoms with Gasteiger partial charge in [0.05, 0.1) is 0 Å². The van der Waals surface area contributed by atoms with Crippen LogP contribution >= 0.6 is 0 Å². The van der Waals surface area contributed by atoms with Gasteiger partial charge in [-0.1, -0.05) is 109 Å². The molecule has 0 aliphatic rings. The van der Waals surface area contributed by atoms with E-state index in [1.165, 1.54) is 11.1 Å². The average molecular weight is 495 g/mol. The van der Waals surface area contributed by atoms with Gasteiger partial charge in [0.25, 0.3) is 0 Å². The Labute approximate surface area is 223 Å². The van der Waals surface area contributed by atoms with Crippen molar-refractivity contribution < 1.29 is 10.2 Å². The quantitative estimate of drug-likeness (QED) is 0.233. The number of hydrogen-bond acceptors (Lipinski definition) is 2. The first-order valence-electron chi connectivity index (χ1n) is 13.2. The Morgan fingerprint density at radius 1 is 0.395 bits per heavy atom. The Balaban J connectivity index is 1.52. The van der Waals surface area contributed by atoms with Crippen LogP contribution in [0.1, 0.15) is 22.3 Å². The Bertz CT molecular complexity index is 1590. The van der Waals surface area contributed by atoms with Gasteiger partial charge in [-0.15, -0.1) is 0 Å². The smallest absolute Gasteiger partial charge is 0.127 e. The Morgan fingerprint density at radius 2 is 0.763 bits per heavy atom. The molecule has 0 spiro atoms. The molecule has 6 rings (SSSR count). The highest BCUT2D eigenvalue weighted by Gasteiger charge is 2.22. The van der Waals surface area contributed by atoms with Gasteiger partial charge in [-0.05, 0) is 81.6 Å². The van der Waals surface area contributed by atoms with Crippen LogP contribution in [0.5, 0.6) is 11.5 Å². The molecule has 2 N–H and O–H groups in total. The van der Waals surface area contributed by atoms with E-state index in [4.69, 9.17) is 0 Å². The van der Waals surface area contributed by atoms with Crippen LogP contribution in [0.15, 0.2) is 121 Å². The Hall–Kier alpha value is -4.56. The second-order valence-corrected chi connectivity index (χ2v) is 9.93. The molecule has 2 nitrogen and oxygen atoms in total. The lowest BCUT2D eigenvalue weighted by Crippen LogP contribution is -1.98. The number of aryl methyl sites for hydroxylation is 4. The van der Waals surface area contributed by atoms with Crippen LogP contribution in [0.2, 0.25) is 0 Å². The largest absolute Gasteiger partial charge is 0.507 e. The lowest BCUT2D eigenvalue weighted by molar-refractivity contribution is 0.463. The van der Waals surface area contributed by atoms with Crippen LogP contribution in [-0.2, 0) is 25.7 Å². The van der Waals surface area contributed by atoms with Gasteiger partial charge in [0.1, 0.15) is 11.5 Å². The third-order valence-corrected chi connectivity index (χ3v) is 7.50. The molecule has 2 heteroatoms. The zero-order valence-corrected chi connectivity index (χ0v) is 21.3. The zero-order chi connectivity index (χ0) is 25.9. The fourth-order valence-corrected chi connectivity index (χ4v) is 5.52. The van der Waals surface area contributed by atoms with Gasteiger partial charge in [0.2, 0.25) is 0 Å². The summed E-state index contributed by atoms with van der Waals surface area (Å²) in [5.41, 5.74) is 5.67. The number of rotatable bonds is 7. The van der Waals surface area contributed by atoms with E-state index >= 15 is 0 Å². The van der Waals surface area contributed by atoms with Crippen LogP contribution in [-0.4, -0.2) is 10.2 Å². The zero-order valence-electron chi connectivity index (χ0n) is 21.3. The summed E-state index contributed by atoms with van der Waals surface area (Å²) in [6.07, 6.45) is 3.08. The predicted octanol–water partition coefficient (Wildman–Crippen LogP) is 8.64. The molecular weight excluding hydrogens is 464 g/mol. The summed E-state index contributed by atoms with van der Waals surface area (Å²) in [6.45, 7) is 0. The highest BCUT2D eigenvalue weighted by molar-refractivity contribution is 6.10. The molecule has 0 atom stereocenters. The second kappa shape index (κ2) is 10.4. The molecule has 0 saturated carbocycles. The number of aromatic hydroxyl groups is 2. The molecule has 0 saturated heterocycles. The first kappa shape index (κ1) is 23.8. The summed E-state index contributed by atoms with van der Waals surface area (Å²) in [5.74, 6) is 0.501. The number of phenols is 2. The SMILES string of the molecule is Oc1c(CCc2ccccc2)cc2ccccc2c1-c1c(O)c(CCc2ccccc2)cc2ccccc12. The van der Waals surface area contributed by atoms with Gasteiger partial charge in [0.15, 0.2) is 0 Å². The molecule has 0 aromatic heterocycles. The Kier molecular flexibility index (Phi) is 6.54. The molecule has 0 unspecified atom stereocenters. The molecule has 0 aliphatic carbocycles. The second-order valence-electron chi connectivity index (χ2n) is 9.93. The van der Waals surface area contributed by atoms with Crippen molar-refractivity contribution in [3.63, 3.8) is 0 Å². The van der Waals surface area contributed by atoms with Gasteiger partial charge in [0, 0.05) is 11.1 Å². The van der Waals surface area contributed by atoms with Crippen molar-refractivity contribution in [3.8, 4) is 22.6 Å².